The third kappa shape index (κ3) is 5.05. The molecule has 1 amide bonds. The van der Waals surface area contributed by atoms with Crippen LogP contribution < -0.4 is 10.6 Å². The predicted octanol–water partition coefficient (Wildman–Crippen LogP) is 3.09. The lowest BCUT2D eigenvalue weighted by Crippen LogP contribution is -2.49. The van der Waals surface area contributed by atoms with Crippen LogP contribution in [0.1, 0.15) is 29.5 Å². The van der Waals surface area contributed by atoms with E-state index < -0.39 is 29.9 Å². The summed E-state index contributed by atoms with van der Waals surface area (Å²) in [6.07, 6.45) is -0.545. The molecule has 0 unspecified atom stereocenters. The second kappa shape index (κ2) is 8.24. The average Bonchev–Trinajstić information content (AvgIpc) is 3.39. The smallest absolute Gasteiger partial charge is 0.404 e. The predicted molar refractivity (Wildman–Crippen MR) is 101 cm³/mol. The summed E-state index contributed by atoms with van der Waals surface area (Å²) < 4.78 is 26.8. The Hall–Kier alpha value is -2.51. The largest absolute Gasteiger partial charge is 0.465 e. The molecule has 4 N–H and O–H groups in total. The Morgan fingerprint density at radius 2 is 1.86 bits per heavy atom. The van der Waals surface area contributed by atoms with Crippen LogP contribution in [-0.2, 0) is 12.0 Å². The summed E-state index contributed by atoms with van der Waals surface area (Å²) >= 11 is 0. The van der Waals surface area contributed by atoms with Crippen molar-refractivity contribution in [1.29, 1.82) is 0 Å². The lowest BCUT2D eigenvalue weighted by molar-refractivity contribution is 0.114. The maximum Gasteiger partial charge on any atom is 0.404 e. The summed E-state index contributed by atoms with van der Waals surface area (Å²) in [7, 11) is 0. The number of halogens is 2. The van der Waals surface area contributed by atoms with E-state index in [0.29, 0.717) is 0 Å². The van der Waals surface area contributed by atoms with Crippen LogP contribution in [0.3, 0.4) is 0 Å². The van der Waals surface area contributed by atoms with E-state index in [4.69, 9.17) is 5.11 Å². The lowest BCUT2D eigenvalue weighted by atomic mass is 9.99. The van der Waals surface area contributed by atoms with Gasteiger partial charge in [0.05, 0.1) is 12.1 Å². The molecule has 1 aliphatic rings. The summed E-state index contributed by atoms with van der Waals surface area (Å²) in [6, 6.07) is 10.2. The van der Waals surface area contributed by atoms with Crippen LogP contribution >= 0.6 is 0 Å². The number of carbonyl (C=O) groups is 1. The van der Waals surface area contributed by atoms with Crippen LogP contribution in [0, 0.1) is 18.6 Å². The monoisotopic (exact) mass is 390 g/mol. The summed E-state index contributed by atoms with van der Waals surface area (Å²) in [5, 5.41) is 25.3. The summed E-state index contributed by atoms with van der Waals surface area (Å²) in [5.74, 6) is -1.49. The van der Waals surface area contributed by atoms with E-state index in [9.17, 15) is 18.7 Å². The molecule has 2 aromatic carbocycles. The highest BCUT2D eigenvalue weighted by Gasteiger charge is 2.44. The minimum atomic E-state index is -1.30. The maximum absolute atomic E-state index is 13.4. The zero-order valence-electron chi connectivity index (χ0n) is 15.6. The van der Waals surface area contributed by atoms with Gasteiger partial charge in [-0.25, -0.2) is 13.6 Å². The number of aliphatic hydroxyl groups is 1. The number of aliphatic hydroxyl groups excluding tert-OH is 1. The molecular formula is C21H24F2N2O3. The van der Waals surface area contributed by atoms with Crippen LogP contribution in [-0.4, -0.2) is 35.0 Å². The zero-order chi connectivity index (χ0) is 20.3. The lowest BCUT2D eigenvalue weighted by Gasteiger charge is -2.26. The number of hydrogen-bond donors (Lipinski definition) is 4. The molecule has 2 aromatic rings. The van der Waals surface area contributed by atoms with Crippen LogP contribution in [0.2, 0.25) is 0 Å². The number of carboxylic acid groups (broad SMARTS) is 1. The van der Waals surface area contributed by atoms with Gasteiger partial charge in [-0.2, -0.15) is 0 Å². The molecule has 28 heavy (non-hydrogen) atoms. The Morgan fingerprint density at radius 3 is 2.43 bits per heavy atom. The van der Waals surface area contributed by atoms with Gasteiger partial charge in [-0.1, -0.05) is 29.8 Å². The molecule has 1 fully saturated rings. The fraction of sp³-hybridized carbons (Fsp3) is 0.381. The van der Waals surface area contributed by atoms with Gasteiger partial charge in [0.25, 0.3) is 0 Å². The van der Waals surface area contributed by atoms with E-state index in [2.05, 4.69) is 16.7 Å². The van der Waals surface area contributed by atoms with Crippen molar-refractivity contribution in [3.05, 3.63) is 70.8 Å². The third-order valence-electron chi connectivity index (χ3n) is 5.12. The molecule has 1 aliphatic carbocycles. The number of aryl methyl sites for hydroxylation is 1. The summed E-state index contributed by atoms with van der Waals surface area (Å²) in [4.78, 5) is 11.1. The first-order chi connectivity index (χ1) is 13.3. The Bertz CT molecular complexity index is 835. The van der Waals surface area contributed by atoms with Crippen LogP contribution in [0.25, 0.3) is 0 Å². The van der Waals surface area contributed by atoms with Gasteiger partial charge >= 0.3 is 6.09 Å². The molecule has 2 atom stereocenters. The van der Waals surface area contributed by atoms with Gasteiger partial charge < -0.3 is 20.8 Å². The van der Waals surface area contributed by atoms with Gasteiger partial charge in [0.1, 0.15) is 11.6 Å². The summed E-state index contributed by atoms with van der Waals surface area (Å²) in [5.41, 5.74) is 2.33. The highest BCUT2D eigenvalue weighted by Crippen LogP contribution is 2.45. The van der Waals surface area contributed by atoms with Gasteiger partial charge in [-0.05, 0) is 49.4 Å². The van der Waals surface area contributed by atoms with Gasteiger partial charge in [-0.3, -0.25) is 0 Å². The molecule has 7 heteroatoms. The highest BCUT2D eigenvalue weighted by molar-refractivity contribution is 5.65. The first kappa shape index (κ1) is 20.2. The first-order valence-corrected chi connectivity index (χ1v) is 9.22. The summed E-state index contributed by atoms with van der Waals surface area (Å²) in [6.45, 7) is 2.16. The first-order valence-electron chi connectivity index (χ1n) is 9.22. The Kier molecular flexibility index (Phi) is 5.96. The third-order valence-corrected chi connectivity index (χ3v) is 5.12. The normalized spacial score (nSPS) is 17.0. The molecule has 0 radical (unpaired) electrons. The van der Waals surface area contributed by atoms with Crippen LogP contribution in [0.4, 0.5) is 13.6 Å². The van der Waals surface area contributed by atoms with E-state index in [1.54, 1.807) is 0 Å². The van der Waals surface area contributed by atoms with E-state index in [0.717, 1.165) is 42.2 Å². The van der Waals surface area contributed by atoms with E-state index in [1.807, 2.05) is 25.1 Å². The fourth-order valence-electron chi connectivity index (χ4n) is 3.50. The standard InChI is InChI=1S/C21H24F2N2O3/c1-13-3-2-4-15(7-13)21(5-6-21)24-12-19(26)18(25-20(27)28)10-14-8-16(22)11-17(23)9-14/h2-4,7-9,11,18-19,24-26H,5-6,10,12H2,1H3,(H,27,28)/t18-,19+/m0/s1. The zero-order valence-corrected chi connectivity index (χ0v) is 15.6. The SMILES string of the molecule is Cc1cccc(C2(NC[C@@H](O)[C@H](Cc3cc(F)cc(F)c3)NC(=O)O)CC2)c1. The van der Waals surface area contributed by atoms with E-state index in [1.165, 1.54) is 0 Å². The van der Waals surface area contributed by atoms with Crippen molar-refractivity contribution in [1.82, 2.24) is 10.6 Å². The number of nitrogens with one attached hydrogen (secondary N) is 2. The minimum absolute atomic E-state index is 0.0265. The topological polar surface area (TPSA) is 81.6 Å². The van der Waals surface area contributed by atoms with Crippen molar-refractivity contribution in [3.8, 4) is 0 Å². The molecule has 1 saturated carbocycles. The number of amides is 1. The van der Waals surface area contributed by atoms with Gasteiger partial charge in [0.15, 0.2) is 0 Å². The molecule has 0 heterocycles. The van der Waals surface area contributed by atoms with Crippen LogP contribution in [0.5, 0.6) is 0 Å². The Morgan fingerprint density at radius 1 is 1.18 bits per heavy atom. The average molecular weight is 390 g/mol. The molecule has 0 aliphatic heterocycles. The van der Waals surface area contributed by atoms with Crippen molar-refractivity contribution >= 4 is 6.09 Å². The number of hydrogen-bond acceptors (Lipinski definition) is 3. The van der Waals surface area contributed by atoms with Gasteiger partial charge in [-0.15, -0.1) is 0 Å². The van der Waals surface area contributed by atoms with Gasteiger partial charge in [0, 0.05) is 18.2 Å². The molecule has 0 saturated heterocycles. The minimum Gasteiger partial charge on any atom is -0.465 e. The molecule has 0 bridgehead atoms. The quantitative estimate of drug-likeness (QED) is 0.558. The number of rotatable bonds is 8. The van der Waals surface area contributed by atoms with Crippen molar-refractivity contribution in [2.45, 2.75) is 43.9 Å². The molecular weight excluding hydrogens is 366 g/mol. The highest BCUT2D eigenvalue weighted by atomic mass is 19.1. The van der Waals surface area contributed by atoms with Crippen molar-refractivity contribution in [3.63, 3.8) is 0 Å². The fourth-order valence-corrected chi connectivity index (χ4v) is 3.50. The van der Waals surface area contributed by atoms with Crippen molar-refractivity contribution in [2.75, 3.05) is 6.54 Å². The second-order valence-corrected chi connectivity index (χ2v) is 7.44. The molecule has 150 valence electrons. The molecule has 0 spiro atoms. The number of benzene rings is 2. The van der Waals surface area contributed by atoms with Gasteiger partial charge in [0.2, 0.25) is 0 Å². The van der Waals surface area contributed by atoms with E-state index >= 15 is 0 Å². The molecule has 0 aromatic heterocycles. The van der Waals surface area contributed by atoms with Crippen molar-refractivity contribution in [2.24, 2.45) is 0 Å². The van der Waals surface area contributed by atoms with Crippen LogP contribution in [0.15, 0.2) is 42.5 Å². The molecule has 5 nitrogen and oxygen atoms in total. The maximum atomic E-state index is 13.4. The Balaban J connectivity index is 1.68. The Labute approximate surface area is 162 Å². The molecule has 3 rings (SSSR count). The van der Waals surface area contributed by atoms with E-state index in [-0.39, 0.29) is 24.1 Å². The second-order valence-electron chi connectivity index (χ2n) is 7.44. The van der Waals surface area contributed by atoms with Crippen molar-refractivity contribution < 1.29 is 23.8 Å².